The molecule has 0 radical (unpaired) electrons. The number of rotatable bonds is 0. The van der Waals surface area contributed by atoms with Crippen molar-refractivity contribution in [2.24, 2.45) is 0 Å². The van der Waals surface area contributed by atoms with E-state index in [1.165, 1.54) is 0 Å². The summed E-state index contributed by atoms with van der Waals surface area (Å²) in [7, 11) is 2.66. The molecule has 0 saturated carbocycles. The maximum absolute atomic E-state index is 5.91. The van der Waals surface area contributed by atoms with Crippen molar-refractivity contribution >= 4 is 48.1 Å². The minimum absolute atomic E-state index is 0.702. The lowest BCUT2D eigenvalue weighted by Gasteiger charge is -1.90. The Hall–Kier alpha value is -1.04. The second-order valence-electron chi connectivity index (χ2n) is 3.50. The molecule has 0 spiro atoms. The van der Waals surface area contributed by atoms with Crippen molar-refractivity contribution in [1.82, 2.24) is 0 Å². The first-order valence-electron chi connectivity index (χ1n) is 4.61. The number of furan rings is 1. The van der Waals surface area contributed by atoms with Crippen LogP contribution in [-0.4, -0.2) is 0 Å². The summed E-state index contributed by atoms with van der Waals surface area (Å²) in [4.78, 5) is 0. The van der Waals surface area contributed by atoms with Gasteiger partial charge in [-0.2, -0.15) is 0 Å². The van der Waals surface area contributed by atoms with Crippen LogP contribution in [0.2, 0.25) is 5.02 Å². The summed E-state index contributed by atoms with van der Waals surface area (Å²) < 4.78 is 5.72. The Labute approximate surface area is 94.2 Å². The van der Waals surface area contributed by atoms with E-state index in [4.69, 9.17) is 16.0 Å². The van der Waals surface area contributed by atoms with Gasteiger partial charge in [-0.15, -0.1) is 9.24 Å². The first-order chi connectivity index (χ1) is 7.24. The van der Waals surface area contributed by atoms with Gasteiger partial charge in [0.05, 0.1) is 0 Å². The molecule has 3 aromatic rings. The van der Waals surface area contributed by atoms with E-state index in [1.807, 2.05) is 24.3 Å². The van der Waals surface area contributed by atoms with Crippen molar-refractivity contribution in [2.45, 2.75) is 0 Å². The molecule has 3 heteroatoms. The van der Waals surface area contributed by atoms with E-state index in [-0.39, 0.29) is 0 Å². The normalized spacial score (nSPS) is 11.3. The fourth-order valence-corrected chi connectivity index (χ4v) is 2.18. The molecule has 3 rings (SSSR count). The van der Waals surface area contributed by atoms with Crippen LogP contribution < -0.4 is 5.30 Å². The highest BCUT2D eigenvalue weighted by atomic mass is 35.5. The lowest BCUT2D eigenvalue weighted by Crippen LogP contribution is -1.85. The minimum Gasteiger partial charge on any atom is -0.456 e. The van der Waals surface area contributed by atoms with Gasteiger partial charge in [0.25, 0.3) is 0 Å². The van der Waals surface area contributed by atoms with Gasteiger partial charge in [0.15, 0.2) is 0 Å². The van der Waals surface area contributed by atoms with Crippen molar-refractivity contribution in [3.05, 3.63) is 41.4 Å². The largest absolute Gasteiger partial charge is 0.456 e. The van der Waals surface area contributed by atoms with Crippen molar-refractivity contribution in [2.75, 3.05) is 0 Å². The van der Waals surface area contributed by atoms with Crippen LogP contribution in [0.15, 0.2) is 40.8 Å². The van der Waals surface area contributed by atoms with E-state index < -0.39 is 0 Å². The molecule has 0 saturated heterocycles. The smallest absolute Gasteiger partial charge is 0.136 e. The molecule has 1 aromatic heterocycles. The predicted molar refractivity (Wildman–Crippen MR) is 68.1 cm³/mol. The Balaban J connectivity index is 2.51. The molecule has 1 heterocycles. The Kier molecular flexibility index (Phi) is 1.98. The van der Waals surface area contributed by atoms with Gasteiger partial charge in [-0.3, -0.25) is 0 Å². The van der Waals surface area contributed by atoms with Gasteiger partial charge in [0.1, 0.15) is 11.2 Å². The maximum Gasteiger partial charge on any atom is 0.136 e. The van der Waals surface area contributed by atoms with Crippen LogP contribution >= 0.6 is 20.8 Å². The highest BCUT2D eigenvalue weighted by Crippen LogP contribution is 2.29. The van der Waals surface area contributed by atoms with Crippen LogP contribution in [0.1, 0.15) is 0 Å². The second-order valence-corrected chi connectivity index (χ2v) is 4.60. The lowest BCUT2D eigenvalue weighted by molar-refractivity contribution is 0.669. The van der Waals surface area contributed by atoms with Gasteiger partial charge in [-0.05, 0) is 29.6 Å². The van der Waals surface area contributed by atoms with E-state index in [0.717, 1.165) is 27.2 Å². The van der Waals surface area contributed by atoms with E-state index in [2.05, 4.69) is 21.4 Å². The van der Waals surface area contributed by atoms with Crippen molar-refractivity contribution in [3.63, 3.8) is 0 Å². The van der Waals surface area contributed by atoms with E-state index in [1.54, 1.807) is 0 Å². The average Bonchev–Trinajstić information content (AvgIpc) is 2.53. The van der Waals surface area contributed by atoms with E-state index in [0.29, 0.717) is 5.02 Å². The van der Waals surface area contributed by atoms with E-state index >= 15 is 0 Å². The Morgan fingerprint density at radius 3 is 2.40 bits per heavy atom. The topological polar surface area (TPSA) is 13.1 Å². The molecule has 1 atom stereocenters. The molecular weight excluding hydrogens is 227 g/mol. The molecule has 74 valence electrons. The molecule has 0 amide bonds. The number of benzene rings is 2. The van der Waals surface area contributed by atoms with Gasteiger partial charge in [0.2, 0.25) is 0 Å². The summed E-state index contributed by atoms with van der Waals surface area (Å²) in [5.74, 6) is 0. The summed E-state index contributed by atoms with van der Waals surface area (Å²) in [6.07, 6.45) is 0. The van der Waals surface area contributed by atoms with Crippen LogP contribution in [-0.2, 0) is 0 Å². The van der Waals surface area contributed by atoms with Crippen LogP contribution in [0.4, 0.5) is 0 Å². The van der Waals surface area contributed by atoms with E-state index in [9.17, 15) is 0 Å². The van der Waals surface area contributed by atoms with Crippen molar-refractivity contribution < 1.29 is 4.42 Å². The number of hydrogen-bond donors (Lipinski definition) is 0. The monoisotopic (exact) mass is 234 g/mol. The van der Waals surface area contributed by atoms with Gasteiger partial charge in [-0.1, -0.05) is 17.7 Å². The Morgan fingerprint density at radius 1 is 0.933 bits per heavy atom. The quantitative estimate of drug-likeness (QED) is 0.540. The Morgan fingerprint density at radius 2 is 1.60 bits per heavy atom. The summed E-state index contributed by atoms with van der Waals surface area (Å²) in [5.41, 5.74) is 1.74. The lowest BCUT2D eigenvalue weighted by atomic mass is 10.1. The summed E-state index contributed by atoms with van der Waals surface area (Å²) >= 11 is 5.91. The molecule has 2 aromatic carbocycles. The molecule has 0 bridgehead atoms. The number of fused-ring (bicyclic) bond motifs is 3. The summed E-state index contributed by atoms with van der Waals surface area (Å²) in [6.45, 7) is 0. The van der Waals surface area contributed by atoms with Crippen LogP contribution in [0, 0.1) is 0 Å². The maximum atomic E-state index is 5.91. The zero-order chi connectivity index (χ0) is 10.4. The van der Waals surface area contributed by atoms with Gasteiger partial charge in [-0.25, -0.2) is 0 Å². The third kappa shape index (κ3) is 1.43. The molecule has 1 nitrogen and oxygen atoms in total. The molecule has 0 fully saturated rings. The standard InChI is InChI=1S/C12H8ClOP/c13-7-1-3-9-10-4-2-8(15)6-12(10)14-11(9)5-7/h1-6H,15H2. The van der Waals surface area contributed by atoms with Gasteiger partial charge >= 0.3 is 0 Å². The molecular formula is C12H8ClOP. The molecule has 15 heavy (non-hydrogen) atoms. The highest BCUT2D eigenvalue weighted by Gasteiger charge is 2.06. The van der Waals surface area contributed by atoms with Crippen LogP contribution in [0.25, 0.3) is 21.9 Å². The van der Waals surface area contributed by atoms with Gasteiger partial charge < -0.3 is 4.42 Å². The fourth-order valence-electron chi connectivity index (χ4n) is 1.77. The fraction of sp³-hybridized carbons (Fsp3) is 0. The average molecular weight is 235 g/mol. The van der Waals surface area contributed by atoms with Crippen molar-refractivity contribution in [3.8, 4) is 0 Å². The first kappa shape index (κ1) is 9.21. The van der Waals surface area contributed by atoms with Crippen molar-refractivity contribution in [1.29, 1.82) is 0 Å². The molecule has 0 aliphatic rings. The third-order valence-corrected chi connectivity index (χ3v) is 3.05. The predicted octanol–water partition coefficient (Wildman–Crippen LogP) is 3.74. The number of halogens is 1. The zero-order valence-electron chi connectivity index (χ0n) is 7.83. The van der Waals surface area contributed by atoms with Crippen LogP contribution in [0.5, 0.6) is 0 Å². The highest BCUT2D eigenvalue weighted by molar-refractivity contribution is 7.27. The first-order valence-corrected chi connectivity index (χ1v) is 5.57. The molecule has 1 unspecified atom stereocenters. The molecule has 0 aliphatic heterocycles. The SMILES string of the molecule is Pc1ccc2c(c1)oc1cc(Cl)ccc12. The second kappa shape index (κ2) is 3.23. The molecule has 0 aliphatic carbocycles. The summed E-state index contributed by atoms with van der Waals surface area (Å²) in [5, 5.41) is 4.06. The minimum atomic E-state index is 0.702. The summed E-state index contributed by atoms with van der Waals surface area (Å²) in [6, 6.07) is 11.8. The molecule has 0 N–H and O–H groups in total. The van der Waals surface area contributed by atoms with Gasteiger partial charge in [0, 0.05) is 21.9 Å². The van der Waals surface area contributed by atoms with Crippen LogP contribution in [0.3, 0.4) is 0 Å². The Bertz CT molecular complexity index is 601. The zero-order valence-corrected chi connectivity index (χ0v) is 9.74. The number of hydrogen-bond acceptors (Lipinski definition) is 1. The third-order valence-electron chi connectivity index (χ3n) is 2.46.